The van der Waals surface area contributed by atoms with Gasteiger partial charge in [-0.3, -0.25) is 9.69 Å². The van der Waals surface area contributed by atoms with Crippen molar-refractivity contribution in [2.75, 3.05) is 51.1 Å². The second-order valence-electron chi connectivity index (χ2n) is 8.47. The van der Waals surface area contributed by atoms with Crippen LogP contribution in [0.25, 0.3) is 0 Å². The van der Waals surface area contributed by atoms with E-state index in [1.165, 1.54) is 5.56 Å². The molecular formula is C26H35N5O3. The third-order valence-electron chi connectivity index (χ3n) is 6.04. The molecule has 8 heteroatoms. The zero-order chi connectivity index (χ0) is 24.5. The van der Waals surface area contributed by atoms with Gasteiger partial charge in [0, 0.05) is 45.0 Å². The maximum absolute atomic E-state index is 12.5. The summed E-state index contributed by atoms with van der Waals surface area (Å²) in [5.41, 5.74) is 3.21. The number of carboxylic acids is 1. The second kappa shape index (κ2) is 12.2. The topological polar surface area (TPSA) is 88.5 Å². The summed E-state index contributed by atoms with van der Waals surface area (Å²) in [5, 5.41) is 12.7. The number of carbonyl (C=O) groups excluding carboxylic acids is 1. The predicted octanol–water partition coefficient (Wildman–Crippen LogP) is 3.15. The molecule has 34 heavy (non-hydrogen) atoms. The molecule has 1 aliphatic rings. The number of rotatable bonds is 8. The van der Waals surface area contributed by atoms with E-state index in [4.69, 9.17) is 4.99 Å². The zero-order valence-corrected chi connectivity index (χ0v) is 20.3. The molecule has 0 saturated carbocycles. The summed E-state index contributed by atoms with van der Waals surface area (Å²) in [7, 11) is 0. The number of nitrogens with one attached hydrogen (secondary N) is 1. The molecule has 0 aliphatic carbocycles. The summed E-state index contributed by atoms with van der Waals surface area (Å²) in [6, 6.07) is 15.0. The fourth-order valence-corrected chi connectivity index (χ4v) is 3.92. The van der Waals surface area contributed by atoms with Crippen molar-refractivity contribution in [1.29, 1.82) is 0 Å². The van der Waals surface area contributed by atoms with E-state index < -0.39 is 5.97 Å². The molecule has 2 N–H and O–H groups in total. The third kappa shape index (κ3) is 7.05. The van der Waals surface area contributed by atoms with Crippen LogP contribution in [0.5, 0.6) is 0 Å². The molecule has 1 aliphatic heterocycles. The van der Waals surface area contributed by atoms with E-state index in [-0.39, 0.29) is 11.5 Å². The average molecular weight is 466 g/mol. The Kier molecular flexibility index (Phi) is 9.04. The minimum atomic E-state index is -0.965. The molecule has 0 atom stereocenters. The van der Waals surface area contributed by atoms with E-state index in [2.05, 4.69) is 46.3 Å². The smallest absolute Gasteiger partial charge is 0.335 e. The Labute approximate surface area is 201 Å². The molecule has 0 radical (unpaired) electrons. The monoisotopic (exact) mass is 465 g/mol. The SMILES string of the molecule is CCN(CC)C(=O)CN1CCN(C(=NCc2ccc(C)cc2)Nc2cccc(C(=O)O)c2)CC1. The Morgan fingerprint density at radius 2 is 1.71 bits per heavy atom. The van der Waals surface area contributed by atoms with Crippen LogP contribution >= 0.6 is 0 Å². The van der Waals surface area contributed by atoms with Crippen molar-refractivity contribution in [2.24, 2.45) is 4.99 Å². The number of aliphatic imine (C=N–C) groups is 1. The van der Waals surface area contributed by atoms with E-state index >= 15 is 0 Å². The molecular weight excluding hydrogens is 430 g/mol. The van der Waals surface area contributed by atoms with Gasteiger partial charge in [-0.25, -0.2) is 9.79 Å². The van der Waals surface area contributed by atoms with Gasteiger partial charge >= 0.3 is 5.97 Å². The van der Waals surface area contributed by atoms with Crippen molar-refractivity contribution in [2.45, 2.75) is 27.3 Å². The largest absolute Gasteiger partial charge is 0.478 e. The normalized spacial score (nSPS) is 14.7. The first-order valence-corrected chi connectivity index (χ1v) is 11.8. The molecule has 0 spiro atoms. The first kappa shape index (κ1) is 25.2. The number of aryl methyl sites for hydroxylation is 1. The highest BCUT2D eigenvalue weighted by Gasteiger charge is 2.23. The number of likely N-dealkylation sites (N-methyl/N-ethyl adjacent to an activating group) is 1. The fraction of sp³-hybridized carbons (Fsp3) is 0.423. The summed E-state index contributed by atoms with van der Waals surface area (Å²) in [6.45, 7) is 11.4. The lowest BCUT2D eigenvalue weighted by molar-refractivity contribution is -0.132. The highest BCUT2D eigenvalue weighted by Crippen LogP contribution is 2.14. The predicted molar refractivity (Wildman–Crippen MR) is 135 cm³/mol. The molecule has 1 saturated heterocycles. The van der Waals surface area contributed by atoms with E-state index in [0.717, 1.165) is 44.8 Å². The van der Waals surface area contributed by atoms with Crippen LogP contribution in [0.15, 0.2) is 53.5 Å². The van der Waals surface area contributed by atoms with Crippen LogP contribution in [0.3, 0.4) is 0 Å². The van der Waals surface area contributed by atoms with Gasteiger partial charge in [0.05, 0.1) is 18.7 Å². The molecule has 1 amide bonds. The summed E-state index contributed by atoms with van der Waals surface area (Å²) < 4.78 is 0. The lowest BCUT2D eigenvalue weighted by Gasteiger charge is -2.37. The van der Waals surface area contributed by atoms with Crippen molar-refractivity contribution < 1.29 is 14.7 Å². The summed E-state index contributed by atoms with van der Waals surface area (Å²) in [5.74, 6) is -0.0959. The number of hydrogen-bond donors (Lipinski definition) is 2. The van der Waals surface area contributed by atoms with Crippen molar-refractivity contribution in [3.63, 3.8) is 0 Å². The van der Waals surface area contributed by atoms with Gasteiger partial charge < -0.3 is 20.2 Å². The molecule has 2 aromatic rings. The zero-order valence-electron chi connectivity index (χ0n) is 20.3. The molecule has 8 nitrogen and oxygen atoms in total. The number of aromatic carboxylic acids is 1. The number of nitrogens with zero attached hydrogens (tertiary/aromatic N) is 4. The Hall–Kier alpha value is -3.39. The van der Waals surface area contributed by atoms with Gasteiger partial charge in [-0.15, -0.1) is 0 Å². The van der Waals surface area contributed by atoms with Gasteiger partial charge in [0.2, 0.25) is 5.91 Å². The fourth-order valence-electron chi connectivity index (χ4n) is 3.92. The second-order valence-corrected chi connectivity index (χ2v) is 8.47. The van der Waals surface area contributed by atoms with Gasteiger partial charge in [-0.1, -0.05) is 35.9 Å². The van der Waals surface area contributed by atoms with Crippen LogP contribution in [0.1, 0.15) is 35.3 Å². The molecule has 1 fully saturated rings. The maximum atomic E-state index is 12.5. The summed E-state index contributed by atoms with van der Waals surface area (Å²) in [6.07, 6.45) is 0. The first-order valence-electron chi connectivity index (χ1n) is 11.8. The number of benzene rings is 2. The van der Waals surface area contributed by atoms with E-state index in [0.29, 0.717) is 24.7 Å². The lowest BCUT2D eigenvalue weighted by atomic mass is 10.1. The minimum absolute atomic E-state index is 0.162. The number of guanidine groups is 1. The molecule has 0 bridgehead atoms. The number of carbonyl (C=O) groups is 2. The Balaban J connectivity index is 1.71. The lowest BCUT2D eigenvalue weighted by Crippen LogP contribution is -2.53. The highest BCUT2D eigenvalue weighted by atomic mass is 16.4. The standard InChI is InChI=1S/C26H35N5O3/c1-4-30(5-2)24(32)19-29-13-15-31(16-14-29)26(27-18-21-11-9-20(3)10-12-21)28-23-8-6-7-22(17-23)25(33)34/h6-12,17H,4-5,13-16,18-19H2,1-3H3,(H,27,28)(H,33,34). The Morgan fingerprint density at radius 1 is 1.03 bits per heavy atom. The third-order valence-corrected chi connectivity index (χ3v) is 6.04. The van der Waals surface area contributed by atoms with E-state index in [1.807, 2.05) is 24.8 Å². The molecule has 182 valence electrons. The number of carboxylic acid groups (broad SMARTS) is 1. The van der Waals surface area contributed by atoms with Gasteiger partial charge in [0.15, 0.2) is 5.96 Å². The van der Waals surface area contributed by atoms with Gasteiger partial charge in [0.25, 0.3) is 0 Å². The molecule has 0 aromatic heterocycles. The van der Waals surface area contributed by atoms with Crippen molar-refractivity contribution in [1.82, 2.24) is 14.7 Å². The number of piperazine rings is 1. The first-order chi connectivity index (χ1) is 16.4. The van der Waals surface area contributed by atoms with Crippen LogP contribution in [0.4, 0.5) is 5.69 Å². The quantitative estimate of drug-likeness (QED) is 0.460. The van der Waals surface area contributed by atoms with E-state index in [1.54, 1.807) is 18.2 Å². The number of amides is 1. The van der Waals surface area contributed by atoms with E-state index in [9.17, 15) is 14.7 Å². The summed E-state index contributed by atoms with van der Waals surface area (Å²) >= 11 is 0. The highest BCUT2D eigenvalue weighted by molar-refractivity contribution is 5.96. The Morgan fingerprint density at radius 3 is 2.32 bits per heavy atom. The van der Waals surface area contributed by atoms with Crippen molar-refractivity contribution in [3.8, 4) is 0 Å². The van der Waals surface area contributed by atoms with Crippen LogP contribution in [-0.2, 0) is 11.3 Å². The van der Waals surface area contributed by atoms with Gasteiger partial charge in [-0.05, 0) is 44.5 Å². The van der Waals surface area contributed by atoms with Crippen molar-refractivity contribution in [3.05, 3.63) is 65.2 Å². The molecule has 2 aromatic carbocycles. The Bertz CT molecular complexity index is 994. The molecule has 0 unspecified atom stereocenters. The van der Waals surface area contributed by atoms with Gasteiger partial charge in [0.1, 0.15) is 0 Å². The van der Waals surface area contributed by atoms with Crippen LogP contribution in [0.2, 0.25) is 0 Å². The van der Waals surface area contributed by atoms with Crippen LogP contribution < -0.4 is 5.32 Å². The van der Waals surface area contributed by atoms with Crippen LogP contribution in [0, 0.1) is 6.92 Å². The van der Waals surface area contributed by atoms with Crippen molar-refractivity contribution >= 4 is 23.5 Å². The average Bonchev–Trinajstić information content (AvgIpc) is 2.84. The summed E-state index contributed by atoms with van der Waals surface area (Å²) in [4.78, 5) is 34.9. The number of hydrogen-bond acceptors (Lipinski definition) is 4. The maximum Gasteiger partial charge on any atom is 0.335 e. The van der Waals surface area contributed by atoms with Crippen LogP contribution in [-0.4, -0.2) is 83.5 Å². The number of anilines is 1. The minimum Gasteiger partial charge on any atom is -0.478 e. The molecule has 1 heterocycles. The van der Waals surface area contributed by atoms with Gasteiger partial charge in [-0.2, -0.15) is 0 Å². The molecule has 3 rings (SSSR count).